The Morgan fingerprint density at radius 2 is 2.40 bits per heavy atom. The van der Waals surface area contributed by atoms with E-state index in [1.54, 1.807) is 7.11 Å². The number of ether oxygens (including phenoxy) is 1. The van der Waals surface area contributed by atoms with Gasteiger partial charge in [0, 0.05) is 25.2 Å². The van der Waals surface area contributed by atoms with Crippen LogP contribution in [-0.4, -0.2) is 35.7 Å². The van der Waals surface area contributed by atoms with Gasteiger partial charge >= 0.3 is 0 Å². The van der Waals surface area contributed by atoms with Crippen molar-refractivity contribution in [2.24, 2.45) is 0 Å². The normalized spacial score (nSPS) is 22.0. The summed E-state index contributed by atoms with van der Waals surface area (Å²) in [5.74, 6) is 0.872. The molecule has 15 heavy (non-hydrogen) atoms. The summed E-state index contributed by atoms with van der Waals surface area (Å²) in [5, 5.41) is 1.05. The molecule has 0 radical (unpaired) electrons. The van der Waals surface area contributed by atoms with E-state index in [2.05, 4.69) is 14.3 Å². The highest BCUT2D eigenvalue weighted by Crippen LogP contribution is 2.26. The molecule has 0 bridgehead atoms. The van der Waals surface area contributed by atoms with E-state index in [0.29, 0.717) is 6.04 Å². The molecule has 2 heterocycles. The lowest BCUT2D eigenvalue weighted by molar-refractivity contribution is 0.166. The molecule has 0 spiro atoms. The van der Waals surface area contributed by atoms with Gasteiger partial charge in [-0.2, -0.15) is 4.37 Å². The lowest BCUT2D eigenvalue weighted by Gasteiger charge is -2.34. The summed E-state index contributed by atoms with van der Waals surface area (Å²) in [6.45, 7) is 3.82. The maximum absolute atomic E-state index is 5.25. The van der Waals surface area contributed by atoms with Crippen LogP contribution in [0.2, 0.25) is 0 Å². The van der Waals surface area contributed by atoms with Crippen LogP contribution < -0.4 is 4.90 Å². The fourth-order valence-corrected chi connectivity index (χ4v) is 2.79. The second-order valence-corrected chi connectivity index (χ2v) is 4.65. The Morgan fingerprint density at radius 1 is 1.53 bits per heavy atom. The summed E-state index contributed by atoms with van der Waals surface area (Å²) in [5.41, 5.74) is 0. The van der Waals surface area contributed by atoms with Crippen LogP contribution in [-0.2, 0) is 4.74 Å². The quantitative estimate of drug-likeness (QED) is 0.790. The highest BCUT2D eigenvalue weighted by molar-refractivity contribution is 7.09. The molecule has 1 fully saturated rings. The summed E-state index contributed by atoms with van der Waals surface area (Å²) >= 11 is 1.49. The summed E-state index contributed by atoms with van der Waals surface area (Å²) in [6, 6.07) is 0.482. The number of anilines is 1. The fraction of sp³-hybridized carbons (Fsp3) is 0.800. The molecule has 0 N–H and O–H groups in total. The van der Waals surface area contributed by atoms with Crippen molar-refractivity contribution in [3.05, 3.63) is 5.82 Å². The van der Waals surface area contributed by atoms with E-state index in [1.807, 2.05) is 6.92 Å². The summed E-state index contributed by atoms with van der Waals surface area (Å²) in [6.07, 6.45) is 3.74. The van der Waals surface area contributed by atoms with Gasteiger partial charge < -0.3 is 9.64 Å². The molecular weight excluding hydrogens is 210 g/mol. The first kappa shape index (κ1) is 10.8. The van der Waals surface area contributed by atoms with Crippen LogP contribution in [0, 0.1) is 6.92 Å². The molecule has 1 saturated heterocycles. The molecule has 1 aromatic rings. The zero-order chi connectivity index (χ0) is 10.7. The van der Waals surface area contributed by atoms with Crippen molar-refractivity contribution in [1.29, 1.82) is 0 Å². The first-order valence-corrected chi connectivity index (χ1v) is 6.14. The highest BCUT2D eigenvalue weighted by atomic mass is 32.1. The van der Waals surface area contributed by atoms with Crippen LogP contribution in [0.5, 0.6) is 0 Å². The Hall–Kier alpha value is -0.680. The summed E-state index contributed by atoms with van der Waals surface area (Å²) < 4.78 is 9.49. The molecule has 2 rings (SSSR count). The Kier molecular flexibility index (Phi) is 3.53. The minimum absolute atomic E-state index is 0.482. The molecule has 5 heteroatoms. The molecule has 0 amide bonds. The van der Waals surface area contributed by atoms with Gasteiger partial charge in [0.15, 0.2) is 0 Å². The smallest absolute Gasteiger partial charge is 0.205 e. The van der Waals surface area contributed by atoms with E-state index in [1.165, 1.54) is 30.8 Å². The maximum Gasteiger partial charge on any atom is 0.205 e. The van der Waals surface area contributed by atoms with E-state index in [4.69, 9.17) is 4.74 Å². The van der Waals surface area contributed by atoms with Crippen LogP contribution in [0.4, 0.5) is 5.13 Å². The number of methoxy groups -OCH3 is 1. The minimum atomic E-state index is 0.482. The Morgan fingerprint density at radius 3 is 3.07 bits per heavy atom. The molecule has 84 valence electrons. The van der Waals surface area contributed by atoms with Crippen molar-refractivity contribution in [3.8, 4) is 0 Å². The third-order valence-corrected chi connectivity index (χ3v) is 3.59. The Labute approximate surface area is 94.4 Å². The molecule has 0 aromatic carbocycles. The summed E-state index contributed by atoms with van der Waals surface area (Å²) in [7, 11) is 1.76. The van der Waals surface area contributed by atoms with Crippen LogP contribution in [0.3, 0.4) is 0 Å². The van der Waals surface area contributed by atoms with Crippen molar-refractivity contribution in [2.75, 3.05) is 25.2 Å². The second-order valence-electron chi connectivity index (χ2n) is 3.92. The van der Waals surface area contributed by atoms with E-state index < -0.39 is 0 Å². The van der Waals surface area contributed by atoms with Gasteiger partial charge in [0.2, 0.25) is 5.13 Å². The number of rotatable bonds is 3. The molecule has 1 unspecified atom stereocenters. The van der Waals surface area contributed by atoms with Crippen molar-refractivity contribution in [3.63, 3.8) is 0 Å². The average molecular weight is 227 g/mol. The maximum atomic E-state index is 5.25. The van der Waals surface area contributed by atoms with Crippen LogP contribution in [0.15, 0.2) is 0 Å². The number of nitrogens with zero attached hydrogens (tertiary/aromatic N) is 3. The second kappa shape index (κ2) is 4.90. The lowest BCUT2D eigenvalue weighted by atomic mass is 10.0. The van der Waals surface area contributed by atoms with Gasteiger partial charge in [-0.25, -0.2) is 4.98 Å². The van der Waals surface area contributed by atoms with E-state index in [-0.39, 0.29) is 0 Å². The van der Waals surface area contributed by atoms with Crippen molar-refractivity contribution >= 4 is 16.7 Å². The standard InChI is InChI=1S/C10H17N3OS/c1-8-11-10(15-12-8)13-6-4-3-5-9(13)7-14-2/h9H,3-7H2,1-2H3. The topological polar surface area (TPSA) is 38.2 Å². The predicted octanol–water partition coefficient (Wildman–Crippen LogP) is 1.85. The van der Waals surface area contributed by atoms with Crippen molar-refractivity contribution in [1.82, 2.24) is 9.36 Å². The SMILES string of the molecule is COCC1CCCCN1c1nc(C)ns1. The van der Waals surface area contributed by atoms with Gasteiger partial charge in [0.05, 0.1) is 12.6 Å². The molecule has 1 aliphatic heterocycles. The predicted molar refractivity (Wildman–Crippen MR) is 61.5 cm³/mol. The van der Waals surface area contributed by atoms with Gasteiger partial charge in [-0.3, -0.25) is 0 Å². The number of piperidine rings is 1. The van der Waals surface area contributed by atoms with Crippen molar-refractivity contribution < 1.29 is 4.74 Å². The zero-order valence-electron chi connectivity index (χ0n) is 9.27. The molecule has 0 saturated carbocycles. The number of hydrogen-bond acceptors (Lipinski definition) is 5. The van der Waals surface area contributed by atoms with Gasteiger partial charge in [-0.1, -0.05) is 0 Å². The fourth-order valence-electron chi connectivity index (χ4n) is 2.02. The van der Waals surface area contributed by atoms with Crippen LogP contribution >= 0.6 is 11.5 Å². The number of hydrogen-bond donors (Lipinski definition) is 0. The van der Waals surface area contributed by atoms with Crippen molar-refractivity contribution in [2.45, 2.75) is 32.2 Å². The number of aromatic nitrogens is 2. The van der Waals surface area contributed by atoms with Gasteiger partial charge in [0.25, 0.3) is 0 Å². The molecule has 0 aliphatic carbocycles. The molecule has 1 aliphatic rings. The third-order valence-electron chi connectivity index (χ3n) is 2.75. The Bertz CT molecular complexity index is 313. The van der Waals surface area contributed by atoms with Gasteiger partial charge in [-0.15, -0.1) is 0 Å². The molecule has 4 nitrogen and oxygen atoms in total. The third kappa shape index (κ3) is 2.46. The highest BCUT2D eigenvalue weighted by Gasteiger charge is 2.24. The molecular formula is C10H17N3OS. The first-order chi connectivity index (χ1) is 7.31. The van der Waals surface area contributed by atoms with Gasteiger partial charge in [-0.05, 0) is 26.2 Å². The minimum Gasteiger partial charge on any atom is -0.383 e. The van der Waals surface area contributed by atoms with E-state index >= 15 is 0 Å². The summed E-state index contributed by atoms with van der Waals surface area (Å²) in [4.78, 5) is 6.79. The first-order valence-electron chi connectivity index (χ1n) is 5.37. The monoisotopic (exact) mass is 227 g/mol. The van der Waals surface area contributed by atoms with Crippen LogP contribution in [0.25, 0.3) is 0 Å². The largest absolute Gasteiger partial charge is 0.383 e. The molecule has 1 atom stereocenters. The zero-order valence-corrected chi connectivity index (χ0v) is 10.1. The lowest BCUT2D eigenvalue weighted by Crippen LogP contribution is -2.42. The van der Waals surface area contributed by atoms with Crippen LogP contribution in [0.1, 0.15) is 25.1 Å². The average Bonchev–Trinajstić information content (AvgIpc) is 2.66. The van der Waals surface area contributed by atoms with E-state index in [9.17, 15) is 0 Å². The Balaban J connectivity index is 2.10. The number of aryl methyl sites for hydroxylation is 1. The van der Waals surface area contributed by atoms with E-state index in [0.717, 1.165) is 24.1 Å². The van der Waals surface area contributed by atoms with Gasteiger partial charge in [0.1, 0.15) is 5.82 Å². The molecule has 1 aromatic heterocycles.